The second kappa shape index (κ2) is 5.49. The number of hydrogen-bond donors (Lipinski definition) is 0. The number of hydrogen-bond acceptors (Lipinski definition) is 1. The molecular formula is C14H17ClO. The molecule has 2 rings (SSSR count). The van der Waals surface area contributed by atoms with E-state index in [-0.39, 0.29) is 5.92 Å². The first-order valence-electron chi connectivity index (χ1n) is 6.03. The molecule has 1 saturated carbocycles. The van der Waals surface area contributed by atoms with Gasteiger partial charge in [-0.3, -0.25) is 4.79 Å². The van der Waals surface area contributed by atoms with Gasteiger partial charge in [0.2, 0.25) is 0 Å². The molecule has 0 radical (unpaired) electrons. The molecule has 0 spiro atoms. The Morgan fingerprint density at radius 2 is 1.88 bits per heavy atom. The number of carbonyl (C=O) groups excluding carboxylic acids is 1. The van der Waals surface area contributed by atoms with E-state index in [2.05, 4.69) is 0 Å². The van der Waals surface area contributed by atoms with E-state index >= 15 is 0 Å². The third-order valence-corrected chi connectivity index (χ3v) is 3.58. The fraction of sp³-hybridized carbons (Fsp3) is 0.500. The van der Waals surface area contributed by atoms with Crippen LogP contribution in [-0.2, 0) is 11.2 Å². The van der Waals surface area contributed by atoms with Crippen molar-refractivity contribution in [2.45, 2.75) is 38.5 Å². The highest BCUT2D eigenvalue weighted by Crippen LogP contribution is 2.24. The van der Waals surface area contributed by atoms with Crippen molar-refractivity contribution in [2.75, 3.05) is 0 Å². The van der Waals surface area contributed by atoms with Crippen LogP contribution in [0.15, 0.2) is 24.3 Å². The second-order valence-corrected chi connectivity index (χ2v) is 5.03. The minimum absolute atomic E-state index is 0.240. The molecule has 1 aliphatic carbocycles. The molecule has 1 nitrogen and oxygen atoms in total. The topological polar surface area (TPSA) is 17.1 Å². The normalized spacial score (nSPS) is 21.8. The Kier molecular flexibility index (Phi) is 4.00. The van der Waals surface area contributed by atoms with Crippen LogP contribution >= 0.6 is 11.6 Å². The van der Waals surface area contributed by atoms with Gasteiger partial charge >= 0.3 is 0 Å². The van der Waals surface area contributed by atoms with Crippen LogP contribution in [0, 0.1) is 5.92 Å². The highest BCUT2D eigenvalue weighted by Gasteiger charge is 2.20. The van der Waals surface area contributed by atoms with E-state index in [1.807, 2.05) is 24.3 Å². The molecular weight excluding hydrogens is 220 g/mol. The van der Waals surface area contributed by atoms with Crippen molar-refractivity contribution in [3.8, 4) is 0 Å². The lowest BCUT2D eigenvalue weighted by Crippen LogP contribution is -2.15. The minimum atomic E-state index is 0.240. The molecule has 0 aromatic heterocycles. The summed E-state index contributed by atoms with van der Waals surface area (Å²) in [6.07, 6.45) is 6.21. The average molecular weight is 237 g/mol. The number of Topliss-reactive ketones (excluding diaryl/α,β-unsaturated/α-hetero) is 1. The summed E-state index contributed by atoms with van der Waals surface area (Å²) >= 11 is 5.84. The Morgan fingerprint density at radius 1 is 1.12 bits per heavy atom. The lowest BCUT2D eigenvalue weighted by molar-refractivity contribution is -0.122. The van der Waals surface area contributed by atoms with Gasteiger partial charge in [0, 0.05) is 17.4 Å². The van der Waals surface area contributed by atoms with Crippen molar-refractivity contribution < 1.29 is 4.79 Å². The summed E-state index contributed by atoms with van der Waals surface area (Å²) in [6.45, 7) is 0. The maximum atomic E-state index is 11.9. The van der Waals surface area contributed by atoms with E-state index in [0.29, 0.717) is 5.78 Å². The van der Waals surface area contributed by atoms with Crippen LogP contribution in [0.3, 0.4) is 0 Å². The Balaban J connectivity index is 2.02. The predicted molar refractivity (Wildman–Crippen MR) is 66.7 cm³/mol. The molecule has 1 atom stereocenters. The molecule has 86 valence electrons. The number of rotatable bonds is 2. The van der Waals surface area contributed by atoms with Crippen molar-refractivity contribution in [3.63, 3.8) is 0 Å². The zero-order valence-corrected chi connectivity index (χ0v) is 10.2. The average Bonchev–Trinajstić information content (AvgIpc) is 2.48. The molecule has 1 unspecified atom stereocenters. The van der Waals surface area contributed by atoms with E-state index in [0.717, 1.165) is 30.7 Å². The van der Waals surface area contributed by atoms with Crippen molar-refractivity contribution in [3.05, 3.63) is 34.9 Å². The van der Waals surface area contributed by atoms with E-state index in [4.69, 9.17) is 11.6 Å². The molecule has 0 aliphatic heterocycles. The maximum Gasteiger partial charge on any atom is 0.136 e. The molecule has 1 fully saturated rings. The molecule has 0 amide bonds. The number of ketones is 1. The molecule has 2 heteroatoms. The molecule has 1 aliphatic rings. The molecule has 0 saturated heterocycles. The fourth-order valence-electron chi connectivity index (χ4n) is 2.35. The maximum absolute atomic E-state index is 11.9. The highest BCUT2D eigenvalue weighted by molar-refractivity contribution is 6.30. The quantitative estimate of drug-likeness (QED) is 0.709. The van der Waals surface area contributed by atoms with Gasteiger partial charge in [-0.2, -0.15) is 0 Å². The van der Waals surface area contributed by atoms with E-state index in [1.54, 1.807) is 0 Å². The fourth-order valence-corrected chi connectivity index (χ4v) is 2.48. The first-order chi connectivity index (χ1) is 7.75. The lowest BCUT2D eigenvalue weighted by atomic mass is 9.91. The summed E-state index contributed by atoms with van der Waals surface area (Å²) in [5.41, 5.74) is 1.23. The number of carbonyl (C=O) groups is 1. The predicted octanol–water partition coefficient (Wildman–Crippen LogP) is 4.03. The van der Waals surface area contributed by atoms with Gasteiger partial charge < -0.3 is 0 Å². The van der Waals surface area contributed by atoms with Gasteiger partial charge in [-0.25, -0.2) is 0 Å². The highest BCUT2D eigenvalue weighted by atomic mass is 35.5. The number of halogens is 1. The molecule has 1 aromatic carbocycles. The SMILES string of the molecule is O=C1CCCCCC1Cc1ccc(Cl)cc1. The van der Waals surface area contributed by atoms with Gasteiger partial charge in [0.15, 0.2) is 0 Å². The van der Waals surface area contributed by atoms with E-state index in [1.165, 1.54) is 18.4 Å². The van der Waals surface area contributed by atoms with Crippen molar-refractivity contribution in [1.82, 2.24) is 0 Å². The van der Waals surface area contributed by atoms with Gasteiger partial charge in [0.25, 0.3) is 0 Å². The Bertz CT molecular complexity index is 356. The standard InChI is InChI=1S/C14H17ClO/c15-13-8-6-11(7-9-13)10-12-4-2-1-3-5-14(12)16/h6-9,12H,1-5,10H2. The van der Waals surface area contributed by atoms with Crippen molar-refractivity contribution >= 4 is 17.4 Å². The smallest absolute Gasteiger partial charge is 0.136 e. The molecule has 16 heavy (non-hydrogen) atoms. The summed E-state index contributed by atoms with van der Waals surface area (Å²) in [5.74, 6) is 0.691. The zero-order valence-electron chi connectivity index (χ0n) is 9.42. The summed E-state index contributed by atoms with van der Waals surface area (Å²) in [5, 5.41) is 0.760. The minimum Gasteiger partial charge on any atom is -0.299 e. The Hall–Kier alpha value is -0.820. The lowest BCUT2D eigenvalue weighted by Gasteiger charge is -2.12. The zero-order chi connectivity index (χ0) is 11.4. The van der Waals surface area contributed by atoms with Gasteiger partial charge in [0.05, 0.1) is 0 Å². The van der Waals surface area contributed by atoms with E-state index < -0.39 is 0 Å². The summed E-state index contributed by atoms with van der Waals surface area (Å²) in [7, 11) is 0. The Labute approximate surface area is 102 Å². The molecule has 0 N–H and O–H groups in total. The summed E-state index contributed by atoms with van der Waals surface area (Å²) < 4.78 is 0. The van der Waals surface area contributed by atoms with Crippen LogP contribution in [-0.4, -0.2) is 5.78 Å². The Morgan fingerprint density at radius 3 is 2.62 bits per heavy atom. The van der Waals surface area contributed by atoms with E-state index in [9.17, 15) is 4.79 Å². The number of benzene rings is 1. The first kappa shape index (κ1) is 11.7. The largest absolute Gasteiger partial charge is 0.299 e. The van der Waals surface area contributed by atoms with Crippen LogP contribution in [0.25, 0.3) is 0 Å². The third-order valence-electron chi connectivity index (χ3n) is 3.33. The van der Waals surface area contributed by atoms with Crippen LogP contribution in [0.4, 0.5) is 0 Å². The second-order valence-electron chi connectivity index (χ2n) is 4.59. The molecule has 0 heterocycles. The van der Waals surface area contributed by atoms with Crippen LogP contribution in [0.5, 0.6) is 0 Å². The van der Waals surface area contributed by atoms with Gasteiger partial charge in [-0.15, -0.1) is 0 Å². The molecule has 1 aromatic rings. The van der Waals surface area contributed by atoms with Crippen LogP contribution in [0.2, 0.25) is 5.02 Å². The van der Waals surface area contributed by atoms with Crippen molar-refractivity contribution in [1.29, 1.82) is 0 Å². The van der Waals surface area contributed by atoms with Crippen molar-refractivity contribution in [2.24, 2.45) is 5.92 Å². The van der Waals surface area contributed by atoms with Crippen LogP contribution in [0.1, 0.15) is 37.7 Å². The molecule has 0 bridgehead atoms. The van der Waals surface area contributed by atoms with Gasteiger partial charge in [-0.05, 0) is 37.0 Å². The van der Waals surface area contributed by atoms with Crippen LogP contribution < -0.4 is 0 Å². The van der Waals surface area contributed by atoms with Gasteiger partial charge in [0.1, 0.15) is 5.78 Å². The summed E-state index contributed by atoms with van der Waals surface area (Å²) in [6, 6.07) is 7.86. The van der Waals surface area contributed by atoms with Gasteiger partial charge in [-0.1, -0.05) is 36.6 Å². The first-order valence-corrected chi connectivity index (χ1v) is 6.40. The third kappa shape index (κ3) is 3.08. The summed E-state index contributed by atoms with van der Waals surface area (Å²) in [4.78, 5) is 11.9. The monoisotopic (exact) mass is 236 g/mol.